The first-order chi connectivity index (χ1) is 6.69. The molecule has 0 aliphatic carbocycles. The number of rotatable bonds is 2. The van der Waals surface area contributed by atoms with Crippen LogP contribution in [0.4, 0.5) is 0 Å². The van der Waals surface area contributed by atoms with Crippen molar-refractivity contribution in [1.29, 1.82) is 5.26 Å². The molecule has 0 amide bonds. The second-order valence-electron chi connectivity index (χ2n) is 3.09. The summed E-state index contributed by atoms with van der Waals surface area (Å²) in [6.45, 7) is 3.75. The molecule has 0 saturated carbocycles. The van der Waals surface area contributed by atoms with Gasteiger partial charge in [-0.1, -0.05) is 12.1 Å². The normalized spacial score (nSPS) is 11.6. The van der Waals surface area contributed by atoms with Crippen LogP contribution in [-0.4, -0.2) is 7.11 Å². The van der Waals surface area contributed by atoms with E-state index in [4.69, 9.17) is 10.00 Å². The first kappa shape index (κ1) is 10.3. The Morgan fingerprint density at radius 2 is 2.07 bits per heavy atom. The van der Waals surface area contributed by atoms with E-state index in [9.17, 15) is 0 Å². The number of benzene rings is 1. The average molecular weight is 187 g/mol. The third-order valence-corrected chi connectivity index (χ3v) is 2.23. The van der Waals surface area contributed by atoms with E-state index < -0.39 is 0 Å². The standard InChI is InChI=1S/C12H13NO/c1-9(8-13)10(2)11-5-4-6-12(7-11)14-3/h4-7H,1-3H3. The number of methoxy groups -OCH3 is 1. The van der Waals surface area contributed by atoms with Crippen LogP contribution in [0, 0.1) is 11.3 Å². The predicted octanol–water partition coefficient (Wildman–Crippen LogP) is 3.01. The molecule has 0 heterocycles. The number of ether oxygens (including phenoxy) is 1. The highest BCUT2D eigenvalue weighted by Gasteiger charge is 2.01. The Balaban J connectivity index is 3.15. The molecule has 0 aliphatic heterocycles. The first-order valence-corrected chi connectivity index (χ1v) is 4.41. The molecule has 2 nitrogen and oxygen atoms in total. The van der Waals surface area contributed by atoms with Crippen molar-refractivity contribution in [3.63, 3.8) is 0 Å². The van der Waals surface area contributed by atoms with E-state index in [0.717, 1.165) is 22.5 Å². The van der Waals surface area contributed by atoms with Crippen molar-refractivity contribution >= 4 is 5.57 Å². The van der Waals surface area contributed by atoms with E-state index >= 15 is 0 Å². The van der Waals surface area contributed by atoms with Crippen molar-refractivity contribution in [3.8, 4) is 11.8 Å². The van der Waals surface area contributed by atoms with Gasteiger partial charge in [0.2, 0.25) is 0 Å². The lowest BCUT2D eigenvalue weighted by Crippen LogP contribution is -1.86. The molecule has 0 saturated heterocycles. The molecule has 1 rings (SSSR count). The summed E-state index contributed by atoms with van der Waals surface area (Å²) >= 11 is 0. The fourth-order valence-corrected chi connectivity index (χ4v) is 1.16. The third kappa shape index (κ3) is 2.14. The smallest absolute Gasteiger partial charge is 0.119 e. The highest BCUT2D eigenvalue weighted by atomic mass is 16.5. The van der Waals surface area contributed by atoms with Gasteiger partial charge in [0, 0.05) is 5.57 Å². The second kappa shape index (κ2) is 4.48. The van der Waals surface area contributed by atoms with Gasteiger partial charge in [0.05, 0.1) is 13.2 Å². The number of nitrogens with zero attached hydrogens (tertiary/aromatic N) is 1. The zero-order valence-electron chi connectivity index (χ0n) is 8.66. The molecular weight excluding hydrogens is 174 g/mol. The maximum absolute atomic E-state index is 8.75. The van der Waals surface area contributed by atoms with Gasteiger partial charge in [-0.2, -0.15) is 5.26 Å². The van der Waals surface area contributed by atoms with Crippen LogP contribution in [0.25, 0.3) is 5.57 Å². The highest BCUT2D eigenvalue weighted by Crippen LogP contribution is 2.21. The minimum absolute atomic E-state index is 0.734. The van der Waals surface area contributed by atoms with Crippen LogP contribution in [0.15, 0.2) is 29.8 Å². The monoisotopic (exact) mass is 187 g/mol. The summed E-state index contributed by atoms with van der Waals surface area (Å²) in [4.78, 5) is 0. The Kier molecular flexibility index (Phi) is 3.30. The maximum Gasteiger partial charge on any atom is 0.119 e. The molecule has 72 valence electrons. The van der Waals surface area contributed by atoms with Gasteiger partial charge in [-0.25, -0.2) is 0 Å². The number of nitriles is 1. The summed E-state index contributed by atoms with van der Waals surface area (Å²) in [5.74, 6) is 0.813. The molecule has 0 radical (unpaired) electrons. The van der Waals surface area contributed by atoms with Gasteiger partial charge in [-0.3, -0.25) is 0 Å². The molecule has 0 N–H and O–H groups in total. The Bertz CT molecular complexity index is 399. The average Bonchev–Trinajstić information content (AvgIpc) is 2.27. The molecular formula is C12H13NO. The Morgan fingerprint density at radius 1 is 1.36 bits per heavy atom. The molecule has 14 heavy (non-hydrogen) atoms. The zero-order chi connectivity index (χ0) is 10.6. The number of hydrogen-bond acceptors (Lipinski definition) is 2. The van der Waals surface area contributed by atoms with E-state index in [0.29, 0.717) is 0 Å². The molecule has 1 aromatic rings. The molecule has 0 fully saturated rings. The molecule has 0 aliphatic rings. The van der Waals surface area contributed by atoms with Crippen LogP contribution in [0.2, 0.25) is 0 Å². The molecule has 0 spiro atoms. The third-order valence-electron chi connectivity index (χ3n) is 2.23. The largest absolute Gasteiger partial charge is 0.497 e. The molecule has 0 unspecified atom stereocenters. The van der Waals surface area contributed by atoms with Crippen molar-refractivity contribution in [1.82, 2.24) is 0 Å². The molecule has 0 aromatic heterocycles. The second-order valence-corrected chi connectivity index (χ2v) is 3.09. The van der Waals surface area contributed by atoms with E-state index in [1.807, 2.05) is 38.1 Å². The van der Waals surface area contributed by atoms with Crippen LogP contribution >= 0.6 is 0 Å². The van der Waals surface area contributed by atoms with Crippen LogP contribution in [0.3, 0.4) is 0 Å². The molecule has 1 aromatic carbocycles. The zero-order valence-corrected chi connectivity index (χ0v) is 8.66. The molecule has 2 heteroatoms. The summed E-state index contributed by atoms with van der Waals surface area (Å²) in [6.07, 6.45) is 0. The van der Waals surface area contributed by atoms with Crippen LogP contribution in [-0.2, 0) is 0 Å². The SMILES string of the molecule is COc1cccc(C(C)=C(C)C#N)c1. The van der Waals surface area contributed by atoms with Crippen molar-refractivity contribution in [2.75, 3.05) is 7.11 Å². The summed E-state index contributed by atoms with van der Waals surface area (Å²) < 4.78 is 5.11. The topological polar surface area (TPSA) is 33.0 Å². The van der Waals surface area contributed by atoms with Crippen molar-refractivity contribution in [2.45, 2.75) is 13.8 Å². The van der Waals surface area contributed by atoms with E-state index in [2.05, 4.69) is 6.07 Å². The first-order valence-electron chi connectivity index (χ1n) is 4.41. The van der Waals surface area contributed by atoms with E-state index in [1.54, 1.807) is 7.11 Å². The minimum atomic E-state index is 0.734. The van der Waals surface area contributed by atoms with Gasteiger partial charge in [0.25, 0.3) is 0 Å². The van der Waals surface area contributed by atoms with Crippen molar-refractivity contribution < 1.29 is 4.74 Å². The quantitative estimate of drug-likeness (QED) is 0.667. The summed E-state index contributed by atoms with van der Waals surface area (Å²) in [5.41, 5.74) is 2.76. The fraction of sp³-hybridized carbons (Fsp3) is 0.250. The lowest BCUT2D eigenvalue weighted by atomic mass is 10.0. The van der Waals surface area contributed by atoms with E-state index in [-0.39, 0.29) is 0 Å². The van der Waals surface area contributed by atoms with E-state index in [1.165, 1.54) is 0 Å². The van der Waals surface area contributed by atoms with Crippen LogP contribution in [0.1, 0.15) is 19.4 Å². The van der Waals surface area contributed by atoms with Crippen molar-refractivity contribution in [3.05, 3.63) is 35.4 Å². The van der Waals surface area contributed by atoms with Gasteiger partial charge in [0.1, 0.15) is 5.75 Å². The number of allylic oxidation sites excluding steroid dienone is 2. The van der Waals surface area contributed by atoms with Crippen LogP contribution in [0.5, 0.6) is 5.75 Å². The maximum atomic E-state index is 8.75. The van der Waals surface area contributed by atoms with Crippen molar-refractivity contribution in [2.24, 2.45) is 0 Å². The Labute approximate surface area is 84.4 Å². The molecule has 0 atom stereocenters. The van der Waals surface area contributed by atoms with Gasteiger partial charge in [0.15, 0.2) is 0 Å². The lowest BCUT2D eigenvalue weighted by Gasteiger charge is -2.05. The molecule has 0 bridgehead atoms. The summed E-state index contributed by atoms with van der Waals surface area (Å²) in [5, 5.41) is 8.75. The highest BCUT2D eigenvalue weighted by molar-refractivity contribution is 5.70. The Hall–Kier alpha value is -1.75. The summed E-state index contributed by atoms with van der Waals surface area (Å²) in [7, 11) is 1.63. The van der Waals surface area contributed by atoms with Gasteiger partial charge in [-0.05, 0) is 37.1 Å². The number of hydrogen-bond donors (Lipinski definition) is 0. The van der Waals surface area contributed by atoms with Gasteiger partial charge in [-0.15, -0.1) is 0 Å². The van der Waals surface area contributed by atoms with Gasteiger partial charge < -0.3 is 4.74 Å². The van der Waals surface area contributed by atoms with Gasteiger partial charge >= 0.3 is 0 Å². The Morgan fingerprint density at radius 3 is 2.64 bits per heavy atom. The summed E-state index contributed by atoms with van der Waals surface area (Å²) in [6, 6.07) is 9.84. The minimum Gasteiger partial charge on any atom is -0.497 e. The fourth-order valence-electron chi connectivity index (χ4n) is 1.16. The van der Waals surface area contributed by atoms with Crippen LogP contribution < -0.4 is 4.74 Å². The lowest BCUT2D eigenvalue weighted by molar-refractivity contribution is 0.414. The predicted molar refractivity (Wildman–Crippen MR) is 56.9 cm³/mol.